The van der Waals surface area contributed by atoms with E-state index < -0.39 is 0 Å². The Morgan fingerprint density at radius 2 is 0.536 bits per heavy atom. The van der Waals surface area contributed by atoms with Gasteiger partial charge in [0.05, 0.1) is 22.1 Å². The first-order chi connectivity index (χ1) is 34.2. The van der Waals surface area contributed by atoms with Gasteiger partial charge in [0.15, 0.2) is 0 Å². The SMILES string of the molecule is c1ccc(-c2cccc(N(c3ccccc3)c3ccc(-c4ccc(-c5ccc6c(c5)c5cc(-c7ccc8c(c7)c7ccccc7n8-c7ccccc7)ccc5n6-c5ccccc5)cc4)cc3)c2)cc1. The molecule has 0 saturated heterocycles. The van der Waals surface area contributed by atoms with Crippen LogP contribution in [0, 0.1) is 0 Å². The zero-order valence-electron chi connectivity index (χ0n) is 37.8. The Balaban J connectivity index is 0.855. The van der Waals surface area contributed by atoms with Gasteiger partial charge < -0.3 is 14.0 Å². The van der Waals surface area contributed by atoms with Gasteiger partial charge in [-0.1, -0.05) is 170 Å². The minimum atomic E-state index is 1.11. The number of rotatable bonds is 9. The van der Waals surface area contributed by atoms with E-state index in [9.17, 15) is 0 Å². The molecule has 3 nitrogen and oxygen atoms in total. The van der Waals surface area contributed by atoms with Crippen LogP contribution >= 0.6 is 0 Å². The molecule has 2 aromatic heterocycles. The molecule has 0 radical (unpaired) electrons. The third-order valence-corrected chi connectivity index (χ3v) is 13.7. The minimum absolute atomic E-state index is 1.11. The summed E-state index contributed by atoms with van der Waals surface area (Å²) in [4.78, 5) is 2.33. The van der Waals surface area contributed by atoms with E-state index in [4.69, 9.17) is 0 Å². The molecule has 0 N–H and O–H groups in total. The fraction of sp³-hybridized carbons (Fsp3) is 0. The van der Waals surface area contributed by atoms with E-state index in [1.807, 2.05) is 0 Å². The number of hydrogen-bond donors (Lipinski definition) is 0. The van der Waals surface area contributed by atoms with Gasteiger partial charge in [-0.05, 0) is 148 Å². The number of hydrogen-bond acceptors (Lipinski definition) is 1. The largest absolute Gasteiger partial charge is 0.310 e. The fourth-order valence-electron chi connectivity index (χ4n) is 10.4. The van der Waals surface area contributed by atoms with Crippen molar-refractivity contribution < 1.29 is 0 Å². The van der Waals surface area contributed by atoms with Crippen molar-refractivity contribution in [1.82, 2.24) is 9.13 Å². The molecule has 0 spiro atoms. The molecule has 0 bridgehead atoms. The lowest BCUT2D eigenvalue weighted by Gasteiger charge is -2.26. The average Bonchev–Trinajstić information content (AvgIpc) is 3.94. The van der Waals surface area contributed by atoms with E-state index in [2.05, 4.69) is 287 Å². The molecule has 2 heterocycles. The summed E-state index contributed by atoms with van der Waals surface area (Å²) < 4.78 is 4.78. The smallest absolute Gasteiger partial charge is 0.0541 e. The normalized spacial score (nSPS) is 11.5. The highest BCUT2D eigenvalue weighted by molar-refractivity contribution is 6.13. The maximum Gasteiger partial charge on any atom is 0.0541 e. The molecule has 13 rings (SSSR count). The Morgan fingerprint density at radius 3 is 1.09 bits per heavy atom. The number of benzene rings is 11. The Labute approximate surface area is 401 Å². The molecule has 324 valence electrons. The molecule has 11 aromatic carbocycles. The van der Waals surface area contributed by atoms with Crippen LogP contribution in [0.5, 0.6) is 0 Å². The Kier molecular flexibility index (Phi) is 9.84. The van der Waals surface area contributed by atoms with Gasteiger partial charge >= 0.3 is 0 Å². The first-order valence-electron chi connectivity index (χ1n) is 23.7. The zero-order valence-corrected chi connectivity index (χ0v) is 37.8. The van der Waals surface area contributed by atoms with Crippen LogP contribution in [0.3, 0.4) is 0 Å². The Bertz CT molecular complexity index is 3960. The van der Waals surface area contributed by atoms with E-state index in [1.54, 1.807) is 0 Å². The first-order valence-corrected chi connectivity index (χ1v) is 23.7. The van der Waals surface area contributed by atoms with E-state index in [1.165, 1.54) is 93.8 Å². The van der Waals surface area contributed by atoms with Crippen LogP contribution in [0.25, 0.3) is 99.5 Å². The standard InChI is InChI=1S/C66H45N3/c1-5-16-46(17-6-1)50-18-15-25-58(42-50)67(54-19-7-2-8-20-54)57-37-32-48(33-38-57)47-28-30-49(31-29-47)51-34-39-65-61(43-51)62-45-53(36-41-66(62)69(65)56-23-11-4-12-24-56)52-35-40-64-60(44-52)59-26-13-14-27-63(59)68(64)55-21-9-3-10-22-55/h1-45H. The lowest BCUT2D eigenvalue weighted by molar-refractivity contribution is 1.18. The minimum Gasteiger partial charge on any atom is -0.310 e. The number of aromatic nitrogens is 2. The second kappa shape index (κ2) is 16.9. The first kappa shape index (κ1) is 40.1. The summed E-state index contributed by atoms with van der Waals surface area (Å²) in [6.45, 7) is 0. The molecule has 0 aliphatic carbocycles. The number of fused-ring (bicyclic) bond motifs is 6. The highest BCUT2D eigenvalue weighted by atomic mass is 15.1. The van der Waals surface area contributed by atoms with Gasteiger partial charge in [0.1, 0.15) is 0 Å². The van der Waals surface area contributed by atoms with Crippen LogP contribution < -0.4 is 4.90 Å². The predicted molar refractivity (Wildman–Crippen MR) is 292 cm³/mol. The average molecular weight is 880 g/mol. The lowest BCUT2D eigenvalue weighted by Crippen LogP contribution is -2.09. The van der Waals surface area contributed by atoms with E-state index >= 15 is 0 Å². The van der Waals surface area contributed by atoms with Crippen molar-refractivity contribution in [2.24, 2.45) is 0 Å². The van der Waals surface area contributed by atoms with Crippen LogP contribution in [-0.4, -0.2) is 9.13 Å². The van der Waals surface area contributed by atoms with Crippen molar-refractivity contribution in [3.05, 3.63) is 273 Å². The van der Waals surface area contributed by atoms with Crippen LogP contribution in [0.1, 0.15) is 0 Å². The summed E-state index contributed by atoms with van der Waals surface area (Å²) in [5.41, 5.74) is 20.0. The second-order valence-electron chi connectivity index (χ2n) is 17.8. The highest BCUT2D eigenvalue weighted by Gasteiger charge is 2.18. The van der Waals surface area contributed by atoms with Gasteiger partial charge in [-0.25, -0.2) is 0 Å². The quantitative estimate of drug-likeness (QED) is 0.141. The fourth-order valence-corrected chi connectivity index (χ4v) is 10.4. The van der Waals surface area contributed by atoms with Gasteiger partial charge in [-0.3, -0.25) is 0 Å². The molecule has 0 fully saturated rings. The number of anilines is 3. The summed E-state index contributed by atoms with van der Waals surface area (Å²) in [7, 11) is 0. The van der Waals surface area contributed by atoms with Crippen molar-refractivity contribution >= 4 is 60.7 Å². The van der Waals surface area contributed by atoms with Crippen molar-refractivity contribution in [2.45, 2.75) is 0 Å². The number of para-hydroxylation sites is 4. The Hall–Kier alpha value is -9.18. The summed E-state index contributed by atoms with van der Waals surface area (Å²) in [5.74, 6) is 0. The Morgan fingerprint density at radius 1 is 0.203 bits per heavy atom. The summed E-state index contributed by atoms with van der Waals surface area (Å²) in [6.07, 6.45) is 0. The molecular formula is C66H45N3. The molecule has 0 atom stereocenters. The van der Waals surface area contributed by atoms with Crippen LogP contribution in [0.2, 0.25) is 0 Å². The topological polar surface area (TPSA) is 13.1 Å². The van der Waals surface area contributed by atoms with Crippen LogP contribution in [-0.2, 0) is 0 Å². The molecule has 13 aromatic rings. The van der Waals surface area contributed by atoms with E-state index in [0.717, 1.165) is 22.7 Å². The maximum atomic E-state index is 2.40. The van der Waals surface area contributed by atoms with E-state index in [-0.39, 0.29) is 0 Å². The van der Waals surface area contributed by atoms with Gasteiger partial charge in [-0.2, -0.15) is 0 Å². The van der Waals surface area contributed by atoms with E-state index in [0.29, 0.717) is 0 Å². The molecule has 3 heteroatoms. The third-order valence-electron chi connectivity index (χ3n) is 13.7. The molecule has 0 amide bonds. The molecule has 0 aliphatic heterocycles. The van der Waals surface area contributed by atoms with Gasteiger partial charge in [-0.15, -0.1) is 0 Å². The highest BCUT2D eigenvalue weighted by Crippen LogP contribution is 2.41. The van der Waals surface area contributed by atoms with Crippen molar-refractivity contribution in [3.63, 3.8) is 0 Å². The molecule has 69 heavy (non-hydrogen) atoms. The van der Waals surface area contributed by atoms with Crippen molar-refractivity contribution in [3.8, 4) is 55.9 Å². The monoisotopic (exact) mass is 879 g/mol. The van der Waals surface area contributed by atoms with Crippen molar-refractivity contribution in [2.75, 3.05) is 4.90 Å². The van der Waals surface area contributed by atoms with Gasteiger partial charge in [0, 0.05) is 50.0 Å². The lowest BCUT2D eigenvalue weighted by atomic mass is 9.97. The number of nitrogens with zero attached hydrogens (tertiary/aromatic N) is 3. The van der Waals surface area contributed by atoms with Gasteiger partial charge in [0.2, 0.25) is 0 Å². The molecule has 0 saturated carbocycles. The molecular weight excluding hydrogens is 835 g/mol. The predicted octanol–water partition coefficient (Wildman–Crippen LogP) is 18.0. The summed E-state index contributed by atoms with van der Waals surface area (Å²) in [6, 6.07) is 99.0. The second-order valence-corrected chi connectivity index (χ2v) is 17.8. The van der Waals surface area contributed by atoms with Crippen LogP contribution in [0.15, 0.2) is 273 Å². The zero-order chi connectivity index (χ0) is 45.7. The van der Waals surface area contributed by atoms with Gasteiger partial charge in [0.25, 0.3) is 0 Å². The van der Waals surface area contributed by atoms with Crippen molar-refractivity contribution in [1.29, 1.82) is 0 Å². The summed E-state index contributed by atoms with van der Waals surface area (Å²) >= 11 is 0. The molecule has 0 aliphatic rings. The van der Waals surface area contributed by atoms with Crippen LogP contribution in [0.4, 0.5) is 17.1 Å². The summed E-state index contributed by atoms with van der Waals surface area (Å²) in [5, 5.41) is 4.96. The molecule has 0 unspecified atom stereocenters. The maximum absolute atomic E-state index is 2.40. The third kappa shape index (κ3) is 7.16.